The molecule has 2 fully saturated rings. The van der Waals surface area contributed by atoms with Crippen molar-refractivity contribution in [3.05, 3.63) is 60.8 Å². The van der Waals surface area contributed by atoms with Crippen LogP contribution in [-0.2, 0) is 33.2 Å². The van der Waals surface area contributed by atoms with Crippen LogP contribution in [0.25, 0.3) is 0 Å². The van der Waals surface area contributed by atoms with Crippen LogP contribution in [0.4, 0.5) is 0 Å². The Balaban J connectivity index is 1.69. The van der Waals surface area contributed by atoms with Crippen LogP contribution in [0.1, 0.15) is 232 Å². The van der Waals surface area contributed by atoms with E-state index in [1.807, 2.05) is 0 Å². The smallest absolute Gasteiger partial charge is 0.306 e. The van der Waals surface area contributed by atoms with Gasteiger partial charge in [0.1, 0.15) is 54.9 Å². The number of aliphatic hydroxyl groups is 7. The average Bonchev–Trinajstić information content (AvgIpc) is 3.43. The molecule has 7 N–H and O–H groups in total. The van der Waals surface area contributed by atoms with E-state index in [0.717, 1.165) is 70.6 Å². The number of aliphatic hydroxyl groups excluding tert-OH is 7. The topological polar surface area (TPSA) is 214 Å². The van der Waals surface area contributed by atoms with E-state index in [1.165, 1.54) is 135 Å². The molecule has 2 aliphatic heterocycles. The molecule has 0 spiro atoms. The number of ether oxygens (including phenoxy) is 6. The minimum atomic E-state index is -1.71. The molecule has 11 atom stereocenters. The fourth-order valence-corrected chi connectivity index (χ4v) is 9.57. The highest BCUT2D eigenvalue weighted by molar-refractivity contribution is 5.69. The van der Waals surface area contributed by atoms with Gasteiger partial charge in [-0.1, -0.05) is 209 Å². The summed E-state index contributed by atoms with van der Waals surface area (Å²) < 4.78 is 34.5. The molecule has 0 amide bonds. The molecule has 0 aromatic carbocycles. The summed E-state index contributed by atoms with van der Waals surface area (Å²) in [5.41, 5.74) is 0. The van der Waals surface area contributed by atoms with Gasteiger partial charge in [-0.3, -0.25) is 4.79 Å². The average molecular weight is 1090 g/mol. The summed E-state index contributed by atoms with van der Waals surface area (Å²) >= 11 is 0. The van der Waals surface area contributed by atoms with Crippen LogP contribution in [0.5, 0.6) is 0 Å². The van der Waals surface area contributed by atoms with Gasteiger partial charge in [-0.2, -0.15) is 0 Å². The van der Waals surface area contributed by atoms with Crippen LogP contribution in [0, 0.1) is 0 Å². The molecule has 2 aliphatic rings. The molecular weight excluding hydrogens is 981 g/mol. The fourth-order valence-electron chi connectivity index (χ4n) is 9.57. The fraction of sp³-hybridized carbons (Fsp3) is 0.825. The molecule has 2 rings (SSSR count). The monoisotopic (exact) mass is 1090 g/mol. The number of esters is 1. The Kier molecular flexibility index (Phi) is 45.5. The van der Waals surface area contributed by atoms with Crippen molar-refractivity contribution >= 4 is 5.97 Å². The van der Waals surface area contributed by atoms with Gasteiger partial charge >= 0.3 is 5.97 Å². The molecule has 448 valence electrons. The number of allylic oxidation sites excluding steroid dienone is 10. The van der Waals surface area contributed by atoms with Crippen molar-refractivity contribution < 1.29 is 69.0 Å². The van der Waals surface area contributed by atoms with Gasteiger partial charge in [0.05, 0.1) is 26.4 Å². The van der Waals surface area contributed by atoms with E-state index in [0.29, 0.717) is 13.0 Å². The first kappa shape index (κ1) is 70.8. The van der Waals surface area contributed by atoms with Gasteiger partial charge in [-0.15, -0.1) is 0 Å². The van der Waals surface area contributed by atoms with Crippen molar-refractivity contribution in [2.24, 2.45) is 0 Å². The third kappa shape index (κ3) is 35.9. The number of hydrogen-bond donors (Lipinski definition) is 7. The van der Waals surface area contributed by atoms with Crippen molar-refractivity contribution in [1.29, 1.82) is 0 Å². The van der Waals surface area contributed by atoms with E-state index in [2.05, 4.69) is 74.6 Å². The first-order valence-corrected chi connectivity index (χ1v) is 30.9. The first-order valence-electron chi connectivity index (χ1n) is 30.9. The summed E-state index contributed by atoms with van der Waals surface area (Å²) in [5, 5.41) is 72.4. The van der Waals surface area contributed by atoms with Gasteiger partial charge in [0, 0.05) is 13.0 Å². The molecule has 0 aromatic heterocycles. The van der Waals surface area contributed by atoms with E-state index >= 15 is 0 Å². The zero-order valence-corrected chi connectivity index (χ0v) is 48.2. The second-order valence-electron chi connectivity index (χ2n) is 21.5. The zero-order valence-electron chi connectivity index (χ0n) is 48.2. The first-order chi connectivity index (χ1) is 37.6. The largest absolute Gasteiger partial charge is 0.457 e. The van der Waals surface area contributed by atoms with Gasteiger partial charge in [0.25, 0.3) is 0 Å². The second kappa shape index (κ2) is 49.5. The summed E-state index contributed by atoms with van der Waals surface area (Å²) in [4.78, 5) is 13.1. The van der Waals surface area contributed by atoms with Crippen LogP contribution >= 0.6 is 0 Å². The lowest BCUT2D eigenvalue weighted by atomic mass is 9.98. The quantitative estimate of drug-likeness (QED) is 0.0172. The molecule has 2 saturated heterocycles. The summed E-state index contributed by atoms with van der Waals surface area (Å²) in [6, 6.07) is 0. The molecule has 0 aromatic rings. The lowest BCUT2D eigenvalue weighted by Crippen LogP contribution is -2.61. The number of hydrogen-bond acceptors (Lipinski definition) is 14. The number of carbonyl (C=O) groups is 1. The second-order valence-corrected chi connectivity index (χ2v) is 21.5. The maximum atomic E-state index is 13.1. The van der Waals surface area contributed by atoms with Gasteiger partial charge in [-0.05, 0) is 77.0 Å². The third-order valence-electron chi connectivity index (χ3n) is 14.5. The number of rotatable bonds is 50. The van der Waals surface area contributed by atoms with Crippen molar-refractivity contribution in [1.82, 2.24) is 0 Å². The normalized spacial score (nSPS) is 24.7. The van der Waals surface area contributed by atoms with Gasteiger partial charge in [0.15, 0.2) is 12.6 Å². The lowest BCUT2D eigenvalue weighted by Gasteiger charge is -2.42. The Morgan fingerprint density at radius 3 is 1.34 bits per heavy atom. The van der Waals surface area contributed by atoms with E-state index in [4.69, 9.17) is 28.4 Å². The van der Waals surface area contributed by atoms with E-state index in [1.54, 1.807) is 0 Å². The highest BCUT2D eigenvalue weighted by atomic mass is 16.7. The molecule has 0 aliphatic carbocycles. The van der Waals surface area contributed by atoms with E-state index in [9.17, 15) is 40.5 Å². The SMILES string of the molecule is CC/C=C\C/C=C\C/C=C\C/C=C\CCCCCCCCCCCCC(=O)OC(COCCCCCCCCCCCC/C=C\CCCCCCCC)COC1OC(COC2OC(CO)C(O)C(O)C2O)C(O)C(O)C1O. The van der Waals surface area contributed by atoms with Gasteiger partial charge < -0.3 is 64.2 Å². The Bertz CT molecular complexity index is 1500. The Hall–Kier alpha value is -2.31. The Morgan fingerprint density at radius 2 is 0.844 bits per heavy atom. The van der Waals surface area contributed by atoms with Crippen molar-refractivity contribution in [3.8, 4) is 0 Å². The van der Waals surface area contributed by atoms with Crippen LogP contribution in [0.15, 0.2) is 60.8 Å². The summed E-state index contributed by atoms with van der Waals surface area (Å²) in [6.07, 6.45) is 45.6. The molecule has 77 heavy (non-hydrogen) atoms. The van der Waals surface area contributed by atoms with E-state index in [-0.39, 0.29) is 25.6 Å². The molecule has 0 bridgehead atoms. The van der Waals surface area contributed by atoms with Gasteiger partial charge in [-0.25, -0.2) is 0 Å². The molecule has 0 radical (unpaired) electrons. The summed E-state index contributed by atoms with van der Waals surface area (Å²) in [7, 11) is 0. The predicted octanol–water partition coefficient (Wildman–Crippen LogP) is 11.6. The maximum absolute atomic E-state index is 13.1. The molecule has 14 nitrogen and oxygen atoms in total. The molecule has 2 heterocycles. The standard InChI is InChI=1S/C63H112O14/c1-3-5-7-9-11-13-15-17-19-21-23-25-26-27-28-30-32-34-36-38-40-42-44-46-55(65)75-52(49-72-47-45-43-41-39-37-35-33-31-29-24-22-20-18-16-14-12-10-8-6-4-2)50-73-62-61(71)59(69)57(67)54(77-62)51-74-63-60(70)58(68)56(66)53(48-64)76-63/h5,7,11,13,17-20,23,25,52-54,56-64,66-71H,3-4,6,8-10,12,14-16,21-22,24,26-51H2,1-2H3/b7-5-,13-11-,19-17-,20-18-,25-23-. The third-order valence-corrected chi connectivity index (χ3v) is 14.5. The highest BCUT2D eigenvalue weighted by Crippen LogP contribution is 2.27. The van der Waals surface area contributed by atoms with E-state index < -0.39 is 80.7 Å². The van der Waals surface area contributed by atoms with Crippen molar-refractivity contribution in [2.45, 2.75) is 300 Å². The highest BCUT2D eigenvalue weighted by Gasteiger charge is 2.47. The predicted molar refractivity (Wildman–Crippen MR) is 307 cm³/mol. The number of carbonyl (C=O) groups excluding carboxylic acids is 1. The van der Waals surface area contributed by atoms with Crippen LogP contribution in [0.3, 0.4) is 0 Å². The maximum Gasteiger partial charge on any atom is 0.306 e. The van der Waals surface area contributed by atoms with Crippen LogP contribution < -0.4 is 0 Å². The minimum Gasteiger partial charge on any atom is -0.457 e. The van der Waals surface area contributed by atoms with Crippen molar-refractivity contribution in [3.63, 3.8) is 0 Å². The Morgan fingerprint density at radius 1 is 0.442 bits per heavy atom. The zero-order chi connectivity index (χ0) is 55.8. The van der Waals surface area contributed by atoms with Crippen LogP contribution in [0.2, 0.25) is 0 Å². The summed E-state index contributed by atoms with van der Waals surface area (Å²) in [5.74, 6) is -0.380. The summed E-state index contributed by atoms with van der Waals surface area (Å²) in [6.45, 7) is 3.59. The Labute approximate surface area is 466 Å². The molecule has 14 heteroatoms. The lowest BCUT2D eigenvalue weighted by molar-refractivity contribution is -0.332. The minimum absolute atomic E-state index is 0.0583. The molecule has 11 unspecified atom stereocenters. The van der Waals surface area contributed by atoms with Crippen molar-refractivity contribution in [2.75, 3.05) is 33.0 Å². The number of unbranched alkanes of at least 4 members (excludes halogenated alkanes) is 26. The van der Waals surface area contributed by atoms with Gasteiger partial charge in [0.2, 0.25) is 0 Å². The molecule has 0 saturated carbocycles. The van der Waals surface area contributed by atoms with Crippen LogP contribution in [-0.4, -0.2) is 142 Å². The molecular formula is C63H112O14.